The van der Waals surface area contributed by atoms with Crippen LogP contribution >= 0.6 is 0 Å². The molecule has 5 heteroatoms. The van der Waals surface area contributed by atoms with E-state index < -0.39 is 0 Å². The predicted octanol–water partition coefficient (Wildman–Crippen LogP) is 0.888. The van der Waals surface area contributed by atoms with E-state index in [9.17, 15) is 4.79 Å². The highest BCUT2D eigenvalue weighted by molar-refractivity contribution is 5.78. The van der Waals surface area contributed by atoms with E-state index in [2.05, 4.69) is 15.5 Å². The highest BCUT2D eigenvalue weighted by Crippen LogP contribution is 2.27. The molecule has 2 N–H and O–H groups in total. The lowest BCUT2D eigenvalue weighted by molar-refractivity contribution is -0.123. The average molecular weight is 295 g/mol. The Morgan fingerprint density at radius 3 is 2.76 bits per heavy atom. The number of nitrogens with zero attached hydrogens (tertiary/aromatic N) is 1. The molecular formula is C16H29N3O2. The van der Waals surface area contributed by atoms with Crippen molar-refractivity contribution in [2.75, 3.05) is 32.8 Å². The Kier molecular flexibility index (Phi) is 5.49. The molecular weight excluding hydrogens is 266 g/mol. The van der Waals surface area contributed by atoms with Crippen molar-refractivity contribution in [2.45, 2.75) is 63.1 Å². The van der Waals surface area contributed by atoms with Gasteiger partial charge in [-0.3, -0.25) is 9.69 Å². The topological polar surface area (TPSA) is 53.6 Å². The number of rotatable bonds is 7. The van der Waals surface area contributed by atoms with Crippen LogP contribution in [0.25, 0.3) is 0 Å². The second kappa shape index (κ2) is 7.56. The number of hydrogen-bond acceptors (Lipinski definition) is 4. The van der Waals surface area contributed by atoms with Crippen LogP contribution in [0.3, 0.4) is 0 Å². The molecule has 3 fully saturated rings. The van der Waals surface area contributed by atoms with Crippen molar-refractivity contribution in [3.63, 3.8) is 0 Å². The first-order chi connectivity index (χ1) is 10.3. The second-order valence-electron chi connectivity index (χ2n) is 6.75. The SMILES string of the molecule is O=C(CN(CC1CCCCN1)C1CC1)NCC1CCCO1. The quantitative estimate of drug-likeness (QED) is 0.732. The van der Waals surface area contributed by atoms with Gasteiger partial charge in [-0.1, -0.05) is 6.42 Å². The molecule has 0 bridgehead atoms. The zero-order chi connectivity index (χ0) is 14.5. The Morgan fingerprint density at radius 2 is 2.10 bits per heavy atom. The standard InChI is InChI=1S/C16H29N3O2/c20-16(18-10-15-5-3-9-21-15)12-19(14-6-7-14)11-13-4-1-2-8-17-13/h13-15,17H,1-12H2,(H,18,20). The lowest BCUT2D eigenvalue weighted by atomic mass is 10.0. The number of hydrogen-bond donors (Lipinski definition) is 2. The maximum atomic E-state index is 12.2. The van der Waals surface area contributed by atoms with E-state index in [4.69, 9.17) is 4.74 Å². The fraction of sp³-hybridized carbons (Fsp3) is 0.938. The van der Waals surface area contributed by atoms with Gasteiger partial charge in [-0.2, -0.15) is 0 Å². The van der Waals surface area contributed by atoms with Crippen molar-refractivity contribution in [2.24, 2.45) is 0 Å². The summed E-state index contributed by atoms with van der Waals surface area (Å²) < 4.78 is 5.55. The number of carbonyl (C=O) groups is 1. The predicted molar refractivity (Wildman–Crippen MR) is 82.2 cm³/mol. The number of carbonyl (C=O) groups excluding carboxylic acids is 1. The minimum atomic E-state index is 0.160. The largest absolute Gasteiger partial charge is 0.376 e. The van der Waals surface area contributed by atoms with Crippen molar-refractivity contribution in [3.8, 4) is 0 Å². The molecule has 2 aliphatic heterocycles. The van der Waals surface area contributed by atoms with Crippen molar-refractivity contribution in [1.82, 2.24) is 15.5 Å². The van der Waals surface area contributed by atoms with Crippen LogP contribution in [0.2, 0.25) is 0 Å². The number of amides is 1. The van der Waals surface area contributed by atoms with E-state index >= 15 is 0 Å². The average Bonchev–Trinajstić information content (AvgIpc) is 3.22. The van der Waals surface area contributed by atoms with Gasteiger partial charge in [-0.15, -0.1) is 0 Å². The fourth-order valence-electron chi connectivity index (χ4n) is 3.42. The van der Waals surface area contributed by atoms with Crippen molar-refractivity contribution < 1.29 is 9.53 Å². The minimum absolute atomic E-state index is 0.160. The monoisotopic (exact) mass is 295 g/mol. The molecule has 2 unspecified atom stereocenters. The van der Waals surface area contributed by atoms with Gasteiger partial charge in [0, 0.05) is 31.8 Å². The van der Waals surface area contributed by atoms with Crippen LogP contribution in [0.1, 0.15) is 44.9 Å². The summed E-state index contributed by atoms with van der Waals surface area (Å²) in [6.45, 7) is 4.24. The van der Waals surface area contributed by atoms with E-state index in [1.165, 1.54) is 32.1 Å². The summed E-state index contributed by atoms with van der Waals surface area (Å²) in [5.74, 6) is 0.160. The normalized spacial score (nSPS) is 29.8. The molecule has 2 atom stereocenters. The molecule has 21 heavy (non-hydrogen) atoms. The van der Waals surface area contributed by atoms with Gasteiger partial charge >= 0.3 is 0 Å². The molecule has 120 valence electrons. The smallest absolute Gasteiger partial charge is 0.234 e. The molecule has 0 aromatic carbocycles. The summed E-state index contributed by atoms with van der Waals surface area (Å²) in [5, 5.41) is 6.64. The third-order valence-electron chi connectivity index (χ3n) is 4.83. The summed E-state index contributed by atoms with van der Waals surface area (Å²) >= 11 is 0. The van der Waals surface area contributed by atoms with Crippen LogP contribution in [-0.4, -0.2) is 61.8 Å². The van der Waals surface area contributed by atoms with Gasteiger partial charge in [0.1, 0.15) is 0 Å². The Labute approximate surface area is 127 Å². The maximum Gasteiger partial charge on any atom is 0.234 e. The molecule has 0 aromatic rings. The zero-order valence-electron chi connectivity index (χ0n) is 13.0. The van der Waals surface area contributed by atoms with Gasteiger partial charge in [-0.25, -0.2) is 0 Å². The van der Waals surface area contributed by atoms with Gasteiger partial charge in [0.15, 0.2) is 0 Å². The molecule has 0 spiro atoms. The number of piperidine rings is 1. The number of nitrogens with one attached hydrogen (secondary N) is 2. The molecule has 0 aromatic heterocycles. The molecule has 1 saturated carbocycles. The second-order valence-corrected chi connectivity index (χ2v) is 6.75. The first-order valence-corrected chi connectivity index (χ1v) is 8.67. The van der Waals surface area contributed by atoms with Crippen LogP contribution in [0.5, 0.6) is 0 Å². The Balaban J connectivity index is 1.39. The summed E-state index contributed by atoms with van der Waals surface area (Å²) in [4.78, 5) is 14.5. The van der Waals surface area contributed by atoms with Gasteiger partial charge < -0.3 is 15.4 Å². The fourth-order valence-corrected chi connectivity index (χ4v) is 3.42. The number of ether oxygens (including phenoxy) is 1. The molecule has 0 radical (unpaired) electrons. The summed E-state index contributed by atoms with van der Waals surface area (Å²) in [5.41, 5.74) is 0. The van der Waals surface area contributed by atoms with Crippen molar-refractivity contribution in [3.05, 3.63) is 0 Å². The van der Waals surface area contributed by atoms with Crippen LogP contribution in [-0.2, 0) is 9.53 Å². The van der Waals surface area contributed by atoms with E-state index in [0.29, 0.717) is 25.2 Å². The highest BCUT2D eigenvalue weighted by Gasteiger charge is 2.32. The van der Waals surface area contributed by atoms with Gasteiger partial charge in [0.25, 0.3) is 0 Å². The summed E-state index contributed by atoms with van der Waals surface area (Å²) in [6.07, 6.45) is 8.82. The van der Waals surface area contributed by atoms with Crippen LogP contribution < -0.4 is 10.6 Å². The van der Waals surface area contributed by atoms with Gasteiger partial charge in [0.05, 0.1) is 12.6 Å². The molecule has 2 saturated heterocycles. The van der Waals surface area contributed by atoms with Gasteiger partial charge in [0.2, 0.25) is 5.91 Å². The molecule has 3 aliphatic rings. The summed E-state index contributed by atoms with van der Waals surface area (Å²) in [6, 6.07) is 1.22. The Hall–Kier alpha value is -0.650. The Bertz CT molecular complexity index is 334. The van der Waals surface area contributed by atoms with Gasteiger partial charge in [-0.05, 0) is 45.1 Å². The molecule has 1 amide bonds. The van der Waals surface area contributed by atoms with E-state index in [1.54, 1.807) is 0 Å². The molecule has 5 nitrogen and oxygen atoms in total. The first-order valence-electron chi connectivity index (χ1n) is 8.67. The molecule has 3 rings (SSSR count). The lowest BCUT2D eigenvalue weighted by Gasteiger charge is -2.30. The van der Waals surface area contributed by atoms with Crippen LogP contribution in [0.15, 0.2) is 0 Å². The molecule has 2 heterocycles. The third-order valence-corrected chi connectivity index (χ3v) is 4.83. The highest BCUT2D eigenvalue weighted by atomic mass is 16.5. The van der Waals surface area contributed by atoms with Crippen molar-refractivity contribution >= 4 is 5.91 Å². The van der Waals surface area contributed by atoms with Crippen molar-refractivity contribution in [1.29, 1.82) is 0 Å². The molecule has 1 aliphatic carbocycles. The van der Waals surface area contributed by atoms with Crippen LogP contribution in [0, 0.1) is 0 Å². The zero-order valence-corrected chi connectivity index (χ0v) is 13.0. The summed E-state index contributed by atoms with van der Waals surface area (Å²) in [7, 11) is 0. The Morgan fingerprint density at radius 1 is 1.19 bits per heavy atom. The minimum Gasteiger partial charge on any atom is -0.376 e. The maximum absolute atomic E-state index is 12.2. The third kappa shape index (κ3) is 4.94. The van der Waals surface area contributed by atoms with Crippen LogP contribution in [0.4, 0.5) is 0 Å². The van der Waals surface area contributed by atoms with E-state index in [-0.39, 0.29) is 12.0 Å². The lowest BCUT2D eigenvalue weighted by Crippen LogP contribution is -2.48. The first kappa shape index (κ1) is 15.3. The van der Waals surface area contributed by atoms with E-state index in [0.717, 1.165) is 32.5 Å². The van der Waals surface area contributed by atoms with E-state index in [1.807, 2.05) is 0 Å².